The number of allylic oxidation sites excluding steroid dienone is 1. The van der Waals surface area contributed by atoms with Crippen LogP contribution in [0.1, 0.15) is 22.8 Å². The van der Waals surface area contributed by atoms with Crippen molar-refractivity contribution in [2.24, 2.45) is 0 Å². The molecule has 21 heavy (non-hydrogen) atoms. The standard InChI is InChI=1S/C16H13NO4/c1-10(6-15(18)19)13-7-14(9-17-8-13)11-2-4-12(5-3-11)16(20)21/h2-9H,1H3,(H,18,19)(H,20,21)/b10-6+. The van der Waals surface area contributed by atoms with Crippen LogP contribution in [0.4, 0.5) is 0 Å². The zero-order valence-electron chi connectivity index (χ0n) is 11.3. The molecule has 0 atom stereocenters. The van der Waals surface area contributed by atoms with Gasteiger partial charge in [-0.05, 0) is 41.8 Å². The monoisotopic (exact) mass is 283 g/mol. The lowest BCUT2D eigenvalue weighted by Gasteiger charge is -2.05. The van der Waals surface area contributed by atoms with E-state index in [2.05, 4.69) is 4.98 Å². The second-order valence-electron chi connectivity index (χ2n) is 4.51. The molecule has 5 nitrogen and oxygen atoms in total. The third-order valence-corrected chi connectivity index (χ3v) is 3.00. The van der Waals surface area contributed by atoms with Gasteiger partial charge in [0.05, 0.1) is 5.56 Å². The van der Waals surface area contributed by atoms with Crippen molar-refractivity contribution in [1.29, 1.82) is 0 Å². The molecule has 0 aliphatic heterocycles. The third-order valence-electron chi connectivity index (χ3n) is 3.00. The van der Waals surface area contributed by atoms with E-state index in [9.17, 15) is 9.59 Å². The minimum atomic E-state index is -1.01. The number of hydrogen-bond donors (Lipinski definition) is 2. The predicted octanol–water partition coefficient (Wildman–Crippen LogP) is 2.93. The largest absolute Gasteiger partial charge is 0.478 e. The molecule has 106 valence electrons. The second-order valence-corrected chi connectivity index (χ2v) is 4.51. The average Bonchev–Trinajstić information content (AvgIpc) is 2.47. The molecule has 2 aromatic rings. The molecule has 1 heterocycles. The summed E-state index contributed by atoms with van der Waals surface area (Å²) in [6.45, 7) is 1.70. The Morgan fingerprint density at radius 1 is 1.00 bits per heavy atom. The highest BCUT2D eigenvalue weighted by Crippen LogP contribution is 2.23. The maximum Gasteiger partial charge on any atom is 0.335 e. The summed E-state index contributed by atoms with van der Waals surface area (Å²) in [5.74, 6) is -1.99. The van der Waals surface area contributed by atoms with Gasteiger partial charge in [0.2, 0.25) is 0 Å². The van der Waals surface area contributed by atoms with Crippen LogP contribution >= 0.6 is 0 Å². The van der Waals surface area contributed by atoms with E-state index < -0.39 is 11.9 Å². The van der Waals surface area contributed by atoms with Gasteiger partial charge in [-0.15, -0.1) is 0 Å². The molecular formula is C16H13NO4. The molecule has 0 spiro atoms. The van der Waals surface area contributed by atoms with Crippen molar-refractivity contribution in [1.82, 2.24) is 4.98 Å². The van der Waals surface area contributed by atoms with Gasteiger partial charge in [0, 0.05) is 24.0 Å². The van der Waals surface area contributed by atoms with Crippen LogP contribution in [0.25, 0.3) is 16.7 Å². The summed E-state index contributed by atoms with van der Waals surface area (Å²) in [5, 5.41) is 17.6. The van der Waals surface area contributed by atoms with Crippen LogP contribution in [0.5, 0.6) is 0 Å². The van der Waals surface area contributed by atoms with Crippen molar-refractivity contribution in [2.75, 3.05) is 0 Å². The van der Waals surface area contributed by atoms with E-state index in [-0.39, 0.29) is 5.56 Å². The van der Waals surface area contributed by atoms with Gasteiger partial charge in [0.1, 0.15) is 0 Å². The fraction of sp³-hybridized carbons (Fsp3) is 0.0625. The van der Waals surface area contributed by atoms with Crippen molar-refractivity contribution in [2.45, 2.75) is 6.92 Å². The Kier molecular flexibility index (Phi) is 4.13. The Hall–Kier alpha value is -2.95. The lowest BCUT2D eigenvalue weighted by atomic mass is 10.0. The summed E-state index contributed by atoms with van der Waals surface area (Å²) in [7, 11) is 0. The van der Waals surface area contributed by atoms with Gasteiger partial charge >= 0.3 is 11.9 Å². The van der Waals surface area contributed by atoms with E-state index in [1.54, 1.807) is 31.5 Å². The van der Waals surface area contributed by atoms with Gasteiger partial charge in [-0.2, -0.15) is 0 Å². The number of carbonyl (C=O) groups is 2. The van der Waals surface area contributed by atoms with Crippen LogP contribution in [-0.4, -0.2) is 27.1 Å². The van der Waals surface area contributed by atoms with Crippen molar-refractivity contribution in [3.63, 3.8) is 0 Å². The zero-order valence-corrected chi connectivity index (χ0v) is 11.3. The van der Waals surface area contributed by atoms with Crippen LogP contribution in [0.2, 0.25) is 0 Å². The number of nitrogens with zero attached hydrogens (tertiary/aromatic N) is 1. The molecule has 0 radical (unpaired) electrons. The second kappa shape index (κ2) is 6.00. The summed E-state index contributed by atoms with van der Waals surface area (Å²) in [5.41, 5.74) is 3.13. The molecule has 0 aliphatic rings. The Morgan fingerprint density at radius 3 is 2.24 bits per heavy atom. The predicted molar refractivity (Wildman–Crippen MR) is 77.9 cm³/mol. The minimum Gasteiger partial charge on any atom is -0.478 e. The molecule has 0 aliphatic carbocycles. The normalized spacial score (nSPS) is 11.2. The molecule has 0 bridgehead atoms. The first kappa shape index (κ1) is 14.5. The molecule has 1 aromatic carbocycles. The number of pyridine rings is 1. The number of aromatic nitrogens is 1. The summed E-state index contributed by atoms with van der Waals surface area (Å²) in [6, 6.07) is 8.24. The first-order valence-corrected chi connectivity index (χ1v) is 6.18. The third kappa shape index (κ3) is 3.54. The number of carboxylic acid groups (broad SMARTS) is 2. The quantitative estimate of drug-likeness (QED) is 0.842. The van der Waals surface area contributed by atoms with Crippen molar-refractivity contribution in [3.8, 4) is 11.1 Å². The summed E-state index contributed by atoms with van der Waals surface area (Å²) >= 11 is 0. The molecule has 1 aromatic heterocycles. The fourth-order valence-electron chi connectivity index (χ4n) is 1.89. The molecule has 2 rings (SSSR count). The topological polar surface area (TPSA) is 87.5 Å². The van der Waals surface area contributed by atoms with Gasteiger partial charge in [-0.1, -0.05) is 12.1 Å². The van der Waals surface area contributed by atoms with E-state index in [4.69, 9.17) is 10.2 Å². The van der Waals surface area contributed by atoms with Gasteiger partial charge in [0.15, 0.2) is 0 Å². The lowest BCUT2D eigenvalue weighted by molar-refractivity contribution is -0.131. The summed E-state index contributed by atoms with van der Waals surface area (Å²) in [6.07, 6.45) is 4.35. The Balaban J connectivity index is 2.37. The number of hydrogen-bond acceptors (Lipinski definition) is 3. The van der Waals surface area contributed by atoms with Gasteiger partial charge < -0.3 is 10.2 Å². The van der Waals surface area contributed by atoms with E-state index in [1.165, 1.54) is 12.1 Å². The minimum absolute atomic E-state index is 0.213. The SMILES string of the molecule is C/C(=C\C(=O)O)c1cncc(-c2ccc(C(=O)O)cc2)c1. The van der Waals surface area contributed by atoms with Crippen LogP contribution in [-0.2, 0) is 4.79 Å². The Bertz CT molecular complexity index is 717. The molecule has 2 N–H and O–H groups in total. The Labute approximate surface area is 121 Å². The van der Waals surface area contributed by atoms with Crippen LogP contribution < -0.4 is 0 Å². The van der Waals surface area contributed by atoms with Crippen molar-refractivity contribution >= 4 is 17.5 Å². The highest BCUT2D eigenvalue weighted by molar-refractivity contribution is 5.90. The highest BCUT2D eigenvalue weighted by atomic mass is 16.4. The van der Waals surface area contributed by atoms with Crippen LogP contribution in [0.3, 0.4) is 0 Å². The molecule has 0 unspecified atom stereocenters. The molecular weight excluding hydrogens is 270 g/mol. The van der Waals surface area contributed by atoms with E-state index >= 15 is 0 Å². The molecule has 0 saturated heterocycles. The average molecular weight is 283 g/mol. The number of aromatic carboxylic acids is 1. The number of aliphatic carboxylic acids is 1. The zero-order chi connectivity index (χ0) is 15.4. The first-order valence-electron chi connectivity index (χ1n) is 6.18. The van der Waals surface area contributed by atoms with Crippen molar-refractivity contribution in [3.05, 3.63) is 59.9 Å². The molecule has 0 amide bonds. The van der Waals surface area contributed by atoms with E-state index in [0.29, 0.717) is 11.1 Å². The summed E-state index contributed by atoms with van der Waals surface area (Å²) in [4.78, 5) is 25.6. The number of carboxylic acids is 2. The van der Waals surface area contributed by atoms with Gasteiger partial charge in [-0.3, -0.25) is 4.98 Å². The fourth-order valence-corrected chi connectivity index (χ4v) is 1.89. The van der Waals surface area contributed by atoms with Gasteiger partial charge in [-0.25, -0.2) is 9.59 Å². The maximum absolute atomic E-state index is 10.8. The van der Waals surface area contributed by atoms with Gasteiger partial charge in [0.25, 0.3) is 0 Å². The van der Waals surface area contributed by atoms with Crippen LogP contribution in [0.15, 0.2) is 48.8 Å². The molecule has 0 saturated carbocycles. The van der Waals surface area contributed by atoms with Crippen LogP contribution in [0, 0.1) is 0 Å². The van der Waals surface area contributed by atoms with E-state index in [0.717, 1.165) is 17.2 Å². The highest BCUT2D eigenvalue weighted by Gasteiger charge is 2.05. The Morgan fingerprint density at radius 2 is 1.67 bits per heavy atom. The molecule has 0 fully saturated rings. The lowest BCUT2D eigenvalue weighted by Crippen LogP contribution is -1.95. The first-order chi connectivity index (χ1) is 9.97. The number of rotatable bonds is 4. The summed E-state index contributed by atoms with van der Waals surface area (Å²) < 4.78 is 0. The molecule has 5 heteroatoms. The smallest absolute Gasteiger partial charge is 0.335 e. The van der Waals surface area contributed by atoms with Crippen molar-refractivity contribution < 1.29 is 19.8 Å². The maximum atomic E-state index is 10.8. The number of benzene rings is 1. The van der Waals surface area contributed by atoms with E-state index in [1.807, 2.05) is 6.07 Å².